The third-order valence-electron chi connectivity index (χ3n) is 1.82. The summed E-state index contributed by atoms with van der Waals surface area (Å²) in [5.74, 6) is 0. The first-order valence-electron chi connectivity index (χ1n) is 4.66. The number of halogens is 2. The van der Waals surface area contributed by atoms with Crippen molar-refractivity contribution >= 4 is 37.6 Å². The Morgan fingerprint density at radius 1 is 1.56 bits per heavy atom. The molecule has 1 rings (SSSR count). The quantitative estimate of drug-likeness (QED) is 0.843. The van der Waals surface area contributed by atoms with E-state index in [1.807, 2.05) is 6.92 Å². The molecule has 1 aromatic rings. The van der Waals surface area contributed by atoms with E-state index < -0.39 is 10.0 Å². The van der Waals surface area contributed by atoms with Crippen LogP contribution in [0, 0.1) is 0 Å². The summed E-state index contributed by atoms with van der Waals surface area (Å²) in [7, 11) is -3.48. The number of aromatic nitrogens is 1. The molecule has 0 bridgehead atoms. The van der Waals surface area contributed by atoms with Crippen LogP contribution >= 0.6 is 27.5 Å². The molecule has 0 saturated carbocycles. The van der Waals surface area contributed by atoms with E-state index >= 15 is 0 Å². The number of pyridine rings is 1. The minimum atomic E-state index is -3.48. The summed E-state index contributed by atoms with van der Waals surface area (Å²) in [6.07, 6.45) is 3.42. The molecule has 0 aliphatic heterocycles. The summed E-state index contributed by atoms with van der Waals surface area (Å²) in [5.41, 5.74) is 0. The van der Waals surface area contributed by atoms with Gasteiger partial charge in [-0.3, -0.25) is 4.98 Å². The van der Waals surface area contributed by atoms with E-state index in [-0.39, 0.29) is 10.3 Å². The molecule has 1 aromatic heterocycles. The van der Waals surface area contributed by atoms with Gasteiger partial charge in [0, 0.05) is 28.8 Å². The number of alkyl halides is 1. The summed E-state index contributed by atoms with van der Waals surface area (Å²) >= 11 is 8.89. The molecular weight excluding hydrogens is 316 g/mol. The van der Waals surface area contributed by atoms with Crippen LogP contribution in [-0.4, -0.2) is 25.3 Å². The molecular formula is C9H12BrClN2O2S. The lowest BCUT2D eigenvalue weighted by Gasteiger charge is -2.07. The second kappa shape index (κ2) is 5.95. The monoisotopic (exact) mass is 326 g/mol. The molecule has 16 heavy (non-hydrogen) atoms. The van der Waals surface area contributed by atoms with Crippen molar-refractivity contribution in [3.63, 3.8) is 0 Å². The van der Waals surface area contributed by atoms with Crippen LogP contribution in [0.1, 0.15) is 13.3 Å². The smallest absolute Gasteiger partial charge is 0.242 e. The van der Waals surface area contributed by atoms with Gasteiger partial charge in [-0.05, 0) is 35.3 Å². The minimum absolute atomic E-state index is 0.0525. The maximum absolute atomic E-state index is 11.8. The molecule has 0 aliphatic carbocycles. The van der Waals surface area contributed by atoms with Crippen LogP contribution in [-0.2, 0) is 10.0 Å². The van der Waals surface area contributed by atoms with Crippen LogP contribution < -0.4 is 4.72 Å². The predicted molar refractivity (Wildman–Crippen MR) is 67.1 cm³/mol. The molecule has 7 heteroatoms. The topological polar surface area (TPSA) is 59.1 Å². The van der Waals surface area contributed by atoms with Crippen molar-refractivity contribution in [2.24, 2.45) is 0 Å². The lowest BCUT2D eigenvalue weighted by atomic mass is 10.3. The molecule has 1 N–H and O–H groups in total. The van der Waals surface area contributed by atoms with Gasteiger partial charge in [0.05, 0.1) is 0 Å². The van der Waals surface area contributed by atoms with Crippen molar-refractivity contribution < 1.29 is 8.42 Å². The third-order valence-corrected chi connectivity index (χ3v) is 3.90. The highest BCUT2D eigenvalue weighted by molar-refractivity contribution is 9.10. The Kier molecular flexibility index (Phi) is 5.17. The van der Waals surface area contributed by atoms with Gasteiger partial charge in [0.1, 0.15) is 4.90 Å². The van der Waals surface area contributed by atoms with Gasteiger partial charge >= 0.3 is 0 Å². The maximum Gasteiger partial charge on any atom is 0.242 e. The van der Waals surface area contributed by atoms with E-state index in [4.69, 9.17) is 11.6 Å². The number of hydrogen-bond acceptors (Lipinski definition) is 3. The van der Waals surface area contributed by atoms with Crippen molar-refractivity contribution in [3.05, 3.63) is 22.9 Å². The van der Waals surface area contributed by atoms with Gasteiger partial charge < -0.3 is 0 Å². The largest absolute Gasteiger partial charge is 0.262 e. The van der Waals surface area contributed by atoms with Crippen molar-refractivity contribution in [1.29, 1.82) is 0 Å². The van der Waals surface area contributed by atoms with Crippen molar-refractivity contribution in [1.82, 2.24) is 9.71 Å². The first kappa shape index (κ1) is 13.9. The van der Waals surface area contributed by atoms with E-state index in [0.717, 1.165) is 0 Å². The van der Waals surface area contributed by atoms with Crippen molar-refractivity contribution in [3.8, 4) is 0 Å². The summed E-state index contributed by atoms with van der Waals surface area (Å²) in [6.45, 7) is 2.13. The SMILES string of the molecule is CC(Cl)CCNS(=O)(=O)c1cncc(Br)c1. The van der Waals surface area contributed by atoms with E-state index in [9.17, 15) is 8.42 Å². The van der Waals surface area contributed by atoms with Gasteiger partial charge in [0.2, 0.25) is 10.0 Å². The highest BCUT2D eigenvalue weighted by Gasteiger charge is 2.14. The number of hydrogen-bond donors (Lipinski definition) is 1. The van der Waals surface area contributed by atoms with E-state index in [0.29, 0.717) is 17.4 Å². The summed E-state index contributed by atoms with van der Waals surface area (Å²) < 4.78 is 26.6. The summed E-state index contributed by atoms with van der Waals surface area (Å²) in [4.78, 5) is 3.94. The van der Waals surface area contributed by atoms with Gasteiger partial charge in [0.15, 0.2) is 0 Å². The molecule has 0 aromatic carbocycles. The standard InChI is InChI=1S/C9H12BrClN2O2S/c1-7(11)2-3-13-16(14,15)9-4-8(10)5-12-6-9/h4-7,13H,2-3H2,1H3. The van der Waals surface area contributed by atoms with Crippen molar-refractivity contribution in [2.45, 2.75) is 23.6 Å². The van der Waals surface area contributed by atoms with Crippen LogP contribution in [0.2, 0.25) is 0 Å². The number of nitrogens with one attached hydrogen (secondary N) is 1. The minimum Gasteiger partial charge on any atom is -0.262 e. The van der Waals surface area contributed by atoms with E-state index in [1.54, 1.807) is 0 Å². The Morgan fingerprint density at radius 3 is 2.81 bits per heavy atom. The predicted octanol–water partition coefficient (Wildman–Crippen LogP) is 2.14. The average Bonchev–Trinajstić information content (AvgIpc) is 2.16. The third kappa shape index (κ3) is 4.37. The fourth-order valence-electron chi connectivity index (χ4n) is 1.01. The molecule has 0 aliphatic rings. The van der Waals surface area contributed by atoms with Gasteiger partial charge in [-0.25, -0.2) is 13.1 Å². The fraction of sp³-hybridized carbons (Fsp3) is 0.444. The molecule has 1 heterocycles. The zero-order valence-corrected chi connectivity index (χ0v) is 11.8. The maximum atomic E-state index is 11.8. The number of sulfonamides is 1. The molecule has 1 atom stereocenters. The molecule has 0 fully saturated rings. The zero-order valence-electron chi connectivity index (χ0n) is 8.65. The Hall–Kier alpha value is -0.170. The molecule has 4 nitrogen and oxygen atoms in total. The number of rotatable bonds is 5. The van der Waals surface area contributed by atoms with Crippen LogP contribution in [0.15, 0.2) is 27.8 Å². The fourth-order valence-corrected chi connectivity index (χ4v) is 2.68. The Labute approximate surface area is 109 Å². The first-order chi connectivity index (χ1) is 7.42. The Balaban J connectivity index is 2.71. The van der Waals surface area contributed by atoms with Crippen LogP contribution in [0.25, 0.3) is 0 Å². The normalized spacial score (nSPS) is 13.7. The van der Waals surface area contributed by atoms with E-state index in [1.165, 1.54) is 18.5 Å². The van der Waals surface area contributed by atoms with Gasteiger partial charge in [-0.2, -0.15) is 0 Å². The highest BCUT2D eigenvalue weighted by Crippen LogP contribution is 2.14. The van der Waals surface area contributed by atoms with Gasteiger partial charge in [-0.15, -0.1) is 11.6 Å². The van der Waals surface area contributed by atoms with E-state index in [2.05, 4.69) is 25.6 Å². The first-order valence-corrected chi connectivity index (χ1v) is 7.37. The molecule has 90 valence electrons. The Bertz CT molecular complexity index is 451. The molecule has 0 radical (unpaired) electrons. The number of nitrogens with zero attached hydrogens (tertiary/aromatic N) is 1. The second-order valence-electron chi connectivity index (χ2n) is 3.31. The lowest BCUT2D eigenvalue weighted by Crippen LogP contribution is -2.26. The van der Waals surface area contributed by atoms with Crippen LogP contribution in [0.4, 0.5) is 0 Å². The average molecular weight is 328 g/mol. The molecule has 1 unspecified atom stereocenters. The lowest BCUT2D eigenvalue weighted by molar-refractivity contribution is 0.578. The summed E-state index contributed by atoms with van der Waals surface area (Å²) in [6, 6.07) is 1.50. The molecule has 0 spiro atoms. The highest BCUT2D eigenvalue weighted by atomic mass is 79.9. The Morgan fingerprint density at radius 2 is 2.25 bits per heavy atom. The van der Waals surface area contributed by atoms with Crippen molar-refractivity contribution in [2.75, 3.05) is 6.54 Å². The molecule has 0 amide bonds. The van der Waals surface area contributed by atoms with Gasteiger partial charge in [-0.1, -0.05) is 0 Å². The molecule has 0 saturated heterocycles. The van der Waals surface area contributed by atoms with Crippen LogP contribution in [0.5, 0.6) is 0 Å². The van der Waals surface area contributed by atoms with Gasteiger partial charge in [0.25, 0.3) is 0 Å². The zero-order chi connectivity index (χ0) is 12.2. The summed E-state index contributed by atoms with van der Waals surface area (Å²) in [5, 5.41) is -0.0525. The van der Waals surface area contributed by atoms with Crippen LogP contribution in [0.3, 0.4) is 0 Å². The second-order valence-corrected chi connectivity index (χ2v) is 6.73.